The smallest absolute Gasteiger partial charge is 0.197 e. The largest absolute Gasteiger partial charge is 0.507 e. The van der Waals surface area contributed by atoms with E-state index in [9.17, 15) is 75.7 Å². The van der Waals surface area contributed by atoms with Crippen LogP contribution in [0.25, 0.3) is 100 Å². The normalized spacial score (nSPS) is 11.8. The van der Waals surface area contributed by atoms with Gasteiger partial charge >= 0.3 is 0 Å². The molecule has 0 spiro atoms. The maximum absolute atomic E-state index is 14.1. The Balaban J connectivity index is 1.53. The van der Waals surface area contributed by atoms with Crippen LogP contribution in [-0.4, -0.2) is 61.3 Å². The highest BCUT2D eigenvalue weighted by Crippen LogP contribution is 2.56. The standard InChI is InChI=1S/C45H24O18/c46-16-4-1-13-28-10-25(55)34-20(50)8-23(53)38(44(34)61-28)32-15(3-6-17(47)41(32)59)30-12-27(57)36-21(51)9-24(54)39(45(36)63-30)33-14(2-5-18(48)42(33)60)29-11-26(56)35-19(49)7-22(52)37(43(35)62-29)31(13)40(16)58/h1-12,46-54,58-60H. The maximum atomic E-state index is 14.1. The van der Waals surface area contributed by atoms with E-state index >= 15 is 0 Å². The van der Waals surface area contributed by atoms with Crippen molar-refractivity contribution in [3.8, 4) is 136 Å². The van der Waals surface area contributed by atoms with E-state index in [0.29, 0.717) is 18.2 Å². The molecule has 6 bridgehead atoms. The molecule has 9 aromatic rings. The summed E-state index contributed by atoms with van der Waals surface area (Å²) >= 11 is 0. The zero-order valence-electron chi connectivity index (χ0n) is 31.2. The van der Waals surface area contributed by atoms with Gasteiger partial charge in [0.1, 0.15) is 67.9 Å². The first-order valence-corrected chi connectivity index (χ1v) is 18.2. The molecule has 1 aliphatic rings. The molecule has 0 aliphatic carbocycles. The fourth-order valence-corrected chi connectivity index (χ4v) is 8.15. The zero-order valence-corrected chi connectivity index (χ0v) is 31.2. The van der Waals surface area contributed by atoms with Crippen LogP contribution in [-0.2, 0) is 0 Å². The number of benzene rings is 6. The van der Waals surface area contributed by atoms with E-state index in [0.717, 1.165) is 54.6 Å². The van der Waals surface area contributed by atoms with Crippen molar-refractivity contribution < 1.29 is 74.5 Å². The highest BCUT2D eigenvalue weighted by atomic mass is 16.4. The van der Waals surface area contributed by atoms with Crippen LogP contribution < -0.4 is 16.3 Å². The summed E-state index contributed by atoms with van der Waals surface area (Å²) in [5.41, 5.74) is -9.95. The van der Waals surface area contributed by atoms with Crippen molar-refractivity contribution in [2.24, 2.45) is 0 Å². The molecule has 0 saturated heterocycles. The molecule has 6 aromatic carbocycles. The summed E-state index contributed by atoms with van der Waals surface area (Å²) in [6.07, 6.45) is 0. The van der Waals surface area contributed by atoms with Gasteiger partial charge in [0, 0.05) is 69.8 Å². The molecule has 0 radical (unpaired) electrons. The van der Waals surface area contributed by atoms with Crippen LogP contribution in [0.4, 0.5) is 0 Å². The topological polar surface area (TPSA) is 333 Å². The predicted molar refractivity (Wildman–Crippen MR) is 221 cm³/mol. The second kappa shape index (κ2) is 12.8. The number of phenols is 12. The first-order chi connectivity index (χ1) is 30.0. The van der Waals surface area contributed by atoms with Crippen LogP contribution in [0.5, 0.6) is 69.0 Å². The Labute approximate surface area is 346 Å². The summed E-state index contributed by atoms with van der Waals surface area (Å²) in [6, 6.07) is 10.7. The average Bonchev–Trinajstić information content (AvgIpc) is 3.21. The van der Waals surface area contributed by atoms with Gasteiger partial charge in [-0.15, -0.1) is 0 Å². The molecule has 3 aromatic heterocycles. The molecule has 0 atom stereocenters. The van der Waals surface area contributed by atoms with Crippen LogP contribution in [0.1, 0.15) is 0 Å². The molecule has 18 heteroatoms. The highest BCUT2D eigenvalue weighted by molar-refractivity contribution is 6.09. The monoisotopic (exact) mass is 852 g/mol. The van der Waals surface area contributed by atoms with E-state index in [-0.39, 0.29) is 16.7 Å². The molecule has 0 amide bonds. The lowest BCUT2D eigenvalue weighted by atomic mass is 9.91. The third-order valence-corrected chi connectivity index (χ3v) is 10.9. The SMILES string of the molecule is O=c1cc2oc3c(c(O)cc(O)c13)-c1c(ccc(O)c1O)-c1cc(=O)c3c(O)cc(O)c(c3o1)-c1c(ccc(O)c1O)-c1cc(=O)c3c(O)cc(O)c(c3o1)-c1c-2ccc(O)c1O. The molecule has 0 unspecified atom stereocenters. The Kier molecular flexibility index (Phi) is 7.66. The lowest BCUT2D eigenvalue weighted by Gasteiger charge is -2.20. The summed E-state index contributed by atoms with van der Waals surface area (Å²) in [4.78, 5) is 42.2. The van der Waals surface area contributed by atoms with Gasteiger partial charge in [0.25, 0.3) is 0 Å². The minimum Gasteiger partial charge on any atom is -0.507 e. The summed E-state index contributed by atoms with van der Waals surface area (Å²) < 4.78 is 18.7. The van der Waals surface area contributed by atoms with Gasteiger partial charge in [-0.1, -0.05) is 0 Å². The van der Waals surface area contributed by atoms with E-state index < -0.39 is 169 Å². The number of rotatable bonds is 0. The molecule has 0 saturated carbocycles. The van der Waals surface area contributed by atoms with E-state index in [4.69, 9.17) is 13.3 Å². The zero-order chi connectivity index (χ0) is 44.7. The number of fused-ring (bicyclic) bond motifs is 12. The van der Waals surface area contributed by atoms with E-state index in [2.05, 4.69) is 0 Å². The fourth-order valence-electron chi connectivity index (χ4n) is 8.15. The molecule has 12 N–H and O–H groups in total. The van der Waals surface area contributed by atoms with Gasteiger partial charge in [0.2, 0.25) is 0 Å². The minimum absolute atomic E-state index is 0.354. The summed E-state index contributed by atoms with van der Waals surface area (Å²) in [5, 5.41) is 133. The van der Waals surface area contributed by atoms with Gasteiger partial charge < -0.3 is 74.5 Å². The predicted octanol–water partition coefficient (Wildman–Crippen LogP) is 6.79. The lowest BCUT2D eigenvalue weighted by molar-refractivity contribution is 0.404. The summed E-state index contributed by atoms with van der Waals surface area (Å²) in [6.45, 7) is 0. The van der Waals surface area contributed by atoms with Gasteiger partial charge in [0.15, 0.2) is 67.5 Å². The molecule has 312 valence electrons. The molecule has 18 nitrogen and oxygen atoms in total. The first-order valence-electron chi connectivity index (χ1n) is 18.2. The van der Waals surface area contributed by atoms with Crippen LogP contribution in [0.3, 0.4) is 0 Å². The molecular weight excluding hydrogens is 828 g/mol. The quantitative estimate of drug-likeness (QED) is 0.0698. The van der Waals surface area contributed by atoms with Gasteiger partial charge in [-0.3, -0.25) is 14.4 Å². The second-order valence-corrected chi connectivity index (χ2v) is 14.5. The molecule has 63 heavy (non-hydrogen) atoms. The van der Waals surface area contributed by atoms with Crippen molar-refractivity contribution in [2.45, 2.75) is 0 Å². The molecule has 4 heterocycles. The number of phenolic OH excluding ortho intramolecular Hbond substituents is 12. The van der Waals surface area contributed by atoms with Crippen LogP contribution in [0.15, 0.2) is 100 Å². The maximum Gasteiger partial charge on any atom is 0.197 e. The van der Waals surface area contributed by atoms with E-state index in [1.165, 1.54) is 0 Å². The van der Waals surface area contributed by atoms with Crippen molar-refractivity contribution in [1.29, 1.82) is 0 Å². The van der Waals surface area contributed by atoms with Crippen LogP contribution in [0.2, 0.25) is 0 Å². The number of hydrogen-bond donors (Lipinski definition) is 12. The van der Waals surface area contributed by atoms with Gasteiger partial charge in [0.05, 0.1) is 16.7 Å². The Hall–Kier alpha value is -9.45. The van der Waals surface area contributed by atoms with Gasteiger partial charge in [-0.25, -0.2) is 0 Å². The van der Waals surface area contributed by atoms with E-state index in [1.54, 1.807) is 0 Å². The average molecular weight is 853 g/mol. The Morgan fingerprint density at radius 2 is 0.540 bits per heavy atom. The first kappa shape index (κ1) is 37.8. The minimum atomic E-state index is -1.03. The Bertz CT molecular complexity index is 3390. The molecule has 0 fully saturated rings. The number of aromatic hydroxyl groups is 12. The Morgan fingerprint density at radius 3 is 0.794 bits per heavy atom. The lowest BCUT2D eigenvalue weighted by Crippen LogP contribution is -2.05. The van der Waals surface area contributed by atoms with Crippen molar-refractivity contribution in [1.82, 2.24) is 0 Å². The van der Waals surface area contributed by atoms with Crippen molar-refractivity contribution in [3.63, 3.8) is 0 Å². The molecule has 1 aliphatic heterocycles. The highest BCUT2D eigenvalue weighted by Gasteiger charge is 2.33. The Morgan fingerprint density at radius 1 is 0.286 bits per heavy atom. The van der Waals surface area contributed by atoms with Crippen molar-refractivity contribution >= 4 is 32.9 Å². The fraction of sp³-hybridized carbons (Fsp3) is 0. The van der Waals surface area contributed by atoms with Gasteiger partial charge in [-0.2, -0.15) is 0 Å². The van der Waals surface area contributed by atoms with Crippen LogP contribution in [0, 0.1) is 0 Å². The van der Waals surface area contributed by atoms with Crippen molar-refractivity contribution in [2.75, 3.05) is 0 Å². The molecular formula is C45H24O18. The number of hydrogen-bond acceptors (Lipinski definition) is 18. The van der Waals surface area contributed by atoms with E-state index in [1.807, 2.05) is 0 Å². The van der Waals surface area contributed by atoms with Gasteiger partial charge in [-0.05, 0) is 36.4 Å². The summed E-state index contributed by atoms with van der Waals surface area (Å²) in [5.74, 6) is -12.4. The third-order valence-electron chi connectivity index (χ3n) is 10.9. The third kappa shape index (κ3) is 5.15. The van der Waals surface area contributed by atoms with Crippen molar-refractivity contribution in [3.05, 3.63) is 103 Å². The second-order valence-electron chi connectivity index (χ2n) is 14.5. The molecule has 10 rings (SSSR count). The van der Waals surface area contributed by atoms with Crippen LogP contribution >= 0.6 is 0 Å². The summed E-state index contributed by atoms with van der Waals surface area (Å²) in [7, 11) is 0.